The predicted octanol–water partition coefficient (Wildman–Crippen LogP) is 4.71. The second kappa shape index (κ2) is 6.60. The molecule has 3 rings (SSSR count). The van der Waals surface area contributed by atoms with Gasteiger partial charge in [0.05, 0.1) is 19.7 Å². The van der Waals surface area contributed by atoms with Gasteiger partial charge in [-0.25, -0.2) is 0 Å². The Bertz CT molecular complexity index is 1020. The molecule has 2 N–H and O–H groups in total. The van der Waals surface area contributed by atoms with Crippen LogP contribution in [-0.2, 0) is 9.62 Å². The molecule has 6 nitrogen and oxygen atoms in total. The molecule has 1 aromatic heterocycles. The number of pyridine rings is 1. The Hall–Kier alpha value is -2.80. The average Bonchev–Trinajstić information content (AvgIpc) is 2.60. The van der Waals surface area contributed by atoms with Crippen molar-refractivity contribution in [3.8, 4) is 23.0 Å². The quantitative estimate of drug-likeness (QED) is 0.692. The van der Waals surface area contributed by atoms with Gasteiger partial charge in [-0.15, -0.1) is 0 Å². The first kappa shape index (κ1) is 17.0. The maximum absolute atomic E-state index is 7.83. The first-order valence-corrected chi connectivity index (χ1v) is 9.52. The van der Waals surface area contributed by atoms with Crippen molar-refractivity contribution in [2.24, 2.45) is 0 Å². The number of methoxy groups -OCH3 is 2. The van der Waals surface area contributed by atoms with Crippen molar-refractivity contribution >= 4 is 20.5 Å². The molecule has 0 radical (unpaired) electrons. The summed E-state index contributed by atoms with van der Waals surface area (Å²) in [5.74, 6) is 2.49. The molecule has 0 fully saturated rings. The SMILES string of the molecule is COc1cc2nccc(Oc3ccc(S(C)(=N)=N)cc3)c2cc1OC. The molecular weight excluding hydrogens is 338 g/mol. The van der Waals surface area contributed by atoms with Crippen molar-refractivity contribution in [1.82, 2.24) is 4.98 Å². The van der Waals surface area contributed by atoms with Gasteiger partial charge in [0.25, 0.3) is 0 Å². The van der Waals surface area contributed by atoms with E-state index in [2.05, 4.69) is 4.98 Å². The van der Waals surface area contributed by atoms with Crippen LogP contribution in [0.2, 0.25) is 0 Å². The van der Waals surface area contributed by atoms with Gasteiger partial charge in [-0.1, -0.05) is 0 Å². The van der Waals surface area contributed by atoms with Crippen molar-refractivity contribution in [1.29, 1.82) is 9.56 Å². The number of benzene rings is 2. The highest BCUT2D eigenvalue weighted by Crippen LogP contribution is 2.36. The Morgan fingerprint density at radius 1 is 0.880 bits per heavy atom. The van der Waals surface area contributed by atoms with E-state index in [9.17, 15) is 0 Å². The van der Waals surface area contributed by atoms with Crippen molar-refractivity contribution in [3.63, 3.8) is 0 Å². The second-order valence-corrected chi connectivity index (χ2v) is 7.83. The van der Waals surface area contributed by atoms with Gasteiger partial charge in [0, 0.05) is 28.8 Å². The third kappa shape index (κ3) is 3.51. The Labute approximate surface area is 146 Å². The molecule has 0 aliphatic rings. The number of nitrogens with one attached hydrogen (secondary N) is 2. The summed E-state index contributed by atoms with van der Waals surface area (Å²) in [5, 5.41) is 0.806. The lowest BCUT2D eigenvalue weighted by Gasteiger charge is -2.12. The number of aromatic nitrogens is 1. The number of nitrogens with zero attached hydrogens (tertiary/aromatic N) is 1. The van der Waals surface area contributed by atoms with Gasteiger partial charge in [-0.3, -0.25) is 14.5 Å². The molecule has 25 heavy (non-hydrogen) atoms. The monoisotopic (exact) mass is 357 g/mol. The van der Waals surface area contributed by atoms with Crippen LogP contribution in [0.15, 0.2) is 53.6 Å². The van der Waals surface area contributed by atoms with Gasteiger partial charge in [-0.05, 0) is 46.0 Å². The fourth-order valence-corrected chi connectivity index (χ4v) is 3.12. The van der Waals surface area contributed by atoms with E-state index in [4.69, 9.17) is 23.8 Å². The van der Waals surface area contributed by atoms with Gasteiger partial charge >= 0.3 is 0 Å². The van der Waals surface area contributed by atoms with Crippen molar-refractivity contribution in [2.75, 3.05) is 20.5 Å². The first-order chi connectivity index (χ1) is 11.9. The van der Waals surface area contributed by atoms with Crippen LogP contribution >= 0.6 is 0 Å². The van der Waals surface area contributed by atoms with E-state index in [1.807, 2.05) is 6.07 Å². The highest BCUT2D eigenvalue weighted by Gasteiger charge is 2.11. The number of hydrogen-bond acceptors (Lipinski definition) is 6. The van der Waals surface area contributed by atoms with E-state index >= 15 is 0 Å². The second-order valence-electron chi connectivity index (χ2n) is 5.53. The standard InChI is InChI=1S/C18H19N3O3S/c1-22-17-10-14-15(11-18(17)23-2)21-9-8-16(14)24-12-4-6-13(7-5-12)25(3,19)20/h4-11,19-20H,1-3H3. The third-order valence-electron chi connectivity index (χ3n) is 3.73. The molecular formula is C18H19N3O3S. The minimum atomic E-state index is -2.24. The zero-order valence-corrected chi connectivity index (χ0v) is 15.0. The zero-order valence-electron chi connectivity index (χ0n) is 14.2. The Morgan fingerprint density at radius 2 is 1.52 bits per heavy atom. The van der Waals surface area contributed by atoms with Crippen LogP contribution in [0.25, 0.3) is 10.9 Å². The van der Waals surface area contributed by atoms with Gasteiger partial charge < -0.3 is 14.2 Å². The molecule has 0 saturated heterocycles. The number of rotatable bonds is 5. The largest absolute Gasteiger partial charge is 0.493 e. The van der Waals surface area contributed by atoms with Crippen LogP contribution in [0.5, 0.6) is 23.0 Å². The molecule has 0 saturated carbocycles. The van der Waals surface area contributed by atoms with Crippen LogP contribution in [-0.4, -0.2) is 25.5 Å². The third-order valence-corrected chi connectivity index (χ3v) is 4.94. The Morgan fingerprint density at radius 3 is 2.12 bits per heavy atom. The van der Waals surface area contributed by atoms with E-state index in [-0.39, 0.29) is 0 Å². The Balaban J connectivity index is 2.01. The molecule has 0 amide bonds. The van der Waals surface area contributed by atoms with E-state index in [1.54, 1.807) is 63.1 Å². The zero-order chi connectivity index (χ0) is 18.0. The van der Waals surface area contributed by atoms with Crippen LogP contribution < -0.4 is 14.2 Å². The van der Waals surface area contributed by atoms with Gasteiger partial charge in [0.1, 0.15) is 11.5 Å². The summed E-state index contributed by atoms with van der Waals surface area (Å²) < 4.78 is 32.3. The molecule has 0 bridgehead atoms. The lowest BCUT2D eigenvalue weighted by Crippen LogP contribution is -1.94. The van der Waals surface area contributed by atoms with Gasteiger partial charge in [0.15, 0.2) is 11.5 Å². The lowest BCUT2D eigenvalue weighted by atomic mass is 10.2. The molecule has 0 atom stereocenters. The summed E-state index contributed by atoms with van der Waals surface area (Å²) in [7, 11) is 0.927. The fourth-order valence-electron chi connectivity index (χ4n) is 2.44. The smallest absolute Gasteiger partial charge is 0.162 e. The minimum Gasteiger partial charge on any atom is -0.493 e. The van der Waals surface area contributed by atoms with Crippen molar-refractivity contribution < 1.29 is 14.2 Å². The molecule has 130 valence electrons. The summed E-state index contributed by atoms with van der Waals surface area (Å²) in [4.78, 5) is 5.04. The maximum atomic E-state index is 7.83. The van der Waals surface area contributed by atoms with Crippen LogP contribution in [0.1, 0.15) is 0 Å². The number of ether oxygens (including phenoxy) is 3. The normalized spacial score (nSPS) is 11.3. The molecule has 7 heteroatoms. The molecule has 1 heterocycles. The summed E-state index contributed by atoms with van der Waals surface area (Å²) in [6, 6.07) is 12.5. The highest BCUT2D eigenvalue weighted by atomic mass is 32.2. The lowest BCUT2D eigenvalue weighted by molar-refractivity contribution is 0.355. The highest BCUT2D eigenvalue weighted by molar-refractivity contribution is 7.92. The fraction of sp³-hybridized carbons (Fsp3) is 0.167. The van der Waals surface area contributed by atoms with Crippen molar-refractivity contribution in [2.45, 2.75) is 4.90 Å². The summed E-state index contributed by atoms with van der Waals surface area (Å²) in [6.07, 6.45) is 3.28. The van der Waals surface area contributed by atoms with Crippen LogP contribution in [0.4, 0.5) is 0 Å². The van der Waals surface area contributed by atoms with Crippen LogP contribution in [0.3, 0.4) is 0 Å². The first-order valence-electron chi connectivity index (χ1n) is 7.48. The predicted molar refractivity (Wildman–Crippen MR) is 98.4 cm³/mol. The van der Waals surface area contributed by atoms with E-state index in [0.717, 1.165) is 10.9 Å². The van der Waals surface area contributed by atoms with E-state index < -0.39 is 9.62 Å². The summed E-state index contributed by atoms with van der Waals surface area (Å²) in [5.41, 5.74) is 0.737. The maximum Gasteiger partial charge on any atom is 0.162 e. The van der Waals surface area contributed by atoms with E-state index in [0.29, 0.717) is 27.9 Å². The number of hydrogen-bond donors (Lipinski definition) is 2. The summed E-state index contributed by atoms with van der Waals surface area (Å²) >= 11 is 0. The Kier molecular flexibility index (Phi) is 4.50. The molecule has 0 unspecified atom stereocenters. The molecule has 2 aromatic carbocycles. The number of fused-ring (bicyclic) bond motifs is 1. The van der Waals surface area contributed by atoms with Crippen molar-refractivity contribution in [3.05, 3.63) is 48.7 Å². The van der Waals surface area contributed by atoms with E-state index in [1.165, 1.54) is 0 Å². The average molecular weight is 357 g/mol. The molecule has 3 aromatic rings. The van der Waals surface area contributed by atoms with Crippen LogP contribution in [0, 0.1) is 9.56 Å². The molecule has 0 spiro atoms. The summed E-state index contributed by atoms with van der Waals surface area (Å²) in [6.45, 7) is 0. The van der Waals surface area contributed by atoms with Gasteiger partial charge in [-0.2, -0.15) is 0 Å². The van der Waals surface area contributed by atoms with Gasteiger partial charge in [0.2, 0.25) is 0 Å². The topological polar surface area (TPSA) is 88.3 Å². The minimum absolute atomic E-state index is 0.603. The molecule has 0 aliphatic heterocycles. The molecule has 0 aliphatic carbocycles.